The molecule has 1 heterocycles. The van der Waals surface area contributed by atoms with Crippen molar-refractivity contribution >= 4 is 33.2 Å². The van der Waals surface area contributed by atoms with Crippen molar-refractivity contribution < 1.29 is 13.6 Å². The Morgan fingerprint density at radius 3 is 2.84 bits per heavy atom. The van der Waals surface area contributed by atoms with Gasteiger partial charge in [-0.1, -0.05) is 11.4 Å². The van der Waals surface area contributed by atoms with Gasteiger partial charge in [0.1, 0.15) is 16.5 Å². The van der Waals surface area contributed by atoms with Gasteiger partial charge in [-0.25, -0.2) is 8.78 Å². The molecule has 2 aromatic rings. The molecular weight excluding hydrogens is 338 g/mol. The van der Waals surface area contributed by atoms with Crippen molar-refractivity contribution in [2.75, 3.05) is 0 Å². The lowest BCUT2D eigenvalue weighted by atomic mass is 10.1. The predicted molar refractivity (Wildman–Crippen MR) is 71.4 cm³/mol. The topological polar surface area (TPSA) is 42.9 Å². The summed E-state index contributed by atoms with van der Waals surface area (Å²) in [6, 6.07) is 2.39. The number of rotatable bonds is 4. The molecule has 7 heteroatoms. The van der Waals surface area contributed by atoms with Crippen LogP contribution in [-0.4, -0.2) is 15.4 Å². The number of Topliss-reactive ketones (excluding diaryl/α,β-unsaturated/α-hetero) is 1. The molecule has 0 saturated heterocycles. The van der Waals surface area contributed by atoms with Crippen LogP contribution in [0.1, 0.15) is 27.9 Å². The zero-order valence-corrected chi connectivity index (χ0v) is 12.3. The normalized spacial score (nSPS) is 10.7. The molecule has 2 rings (SSSR count). The quantitative estimate of drug-likeness (QED) is 0.627. The number of aryl methyl sites for hydroxylation is 1. The van der Waals surface area contributed by atoms with Gasteiger partial charge in [-0.15, -0.1) is 5.10 Å². The number of ketones is 1. The molecule has 100 valence electrons. The monoisotopic (exact) mass is 346 g/mol. The molecule has 0 atom stereocenters. The molecule has 0 radical (unpaired) electrons. The van der Waals surface area contributed by atoms with E-state index in [1.165, 1.54) is 6.07 Å². The van der Waals surface area contributed by atoms with E-state index < -0.39 is 11.6 Å². The van der Waals surface area contributed by atoms with E-state index >= 15 is 0 Å². The molecule has 0 saturated carbocycles. The highest BCUT2D eigenvalue weighted by atomic mass is 79.9. The molecule has 19 heavy (non-hydrogen) atoms. The second-order valence-electron chi connectivity index (χ2n) is 3.82. The van der Waals surface area contributed by atoms with Crippen LogP contribution >= 0.6 is 27.5 Å². The fourth-order valence-corrected chi connectivity index (χ4v) is 2.68. The number of benzene rings is 1. The van der Waals surface area contributed by atoms with Crippen molar-refractivity contribution in [3.05, 3.63) is 44.4 Å². The first-order valence-electron chi connectivity index (χ1n) is 5.51. The highest BCUT2D eigenvalue weighted by Gasteiger charge is 2.20. The highest BCUT2D eigenvalue weighted by Crippen LogP contribution is 2.24. The third kappa shape index (κ3) is 2.87. The summed E-state index contributed by atoms with van der Waals surface area (Å²) in [6.07, 6.45) is 0.217. The fourth-order valence-electron chi connectivity index (χ4n) is 1.62. The molecule has 0 fully saturated rings. The number of halogens is 3. The Labute approximate surface area is 120 Å². The second-order valence-corrected chi connectivity index (χ2v) is 5.43. The maximum atomic E-state index is 13.8. The zero-order chi connectivity index (χ0) is 14.0. The first-order chi connectivity index (χ1) is 9.04. The minimum Gasteiger partial charge on any atom is -0.293 e. The first-order valence-corrected chi connectivity index (χ1v) is 7.08. The molecule has 0 aliphatic rings. The van der Waals surface area contributed by atoms with E-state index in [1.54, 1.807) is 0 Å². The van der Waals surface area contributed by atoms with Crippen LogP contribution in [-0.2, 0) is 12.8 Å². The maximum absolute atomic E-state index is 13.8. The van der Waals surface area contributed by atoms with E-state index in [2.05, 4.69) is 25.5 Å². The molecule has 0 N–H and O–H groups in total. The lowest BCUT2D eigenvalue weighted by Gasteiger charge is -2.05. The number of nitrogens with zero attached hydrogens (tertiary/aromatic N) is 2. The van der Waals surface area contributed by atoms with Crippen molar-refractivity contribution in [1.82, 2.24) is 9.59 Å². The van der Waals surface area contributed by atoms with Crippen molar-refractivity contribution in [1.29, 1.82) is 0 Å². The van der Waals surface area contributed by atoms with E-state index in [9.17, 15) is 13.6 Å². The lowest BCUT2D eigenvalue weighted by Crippen LogP contribution is -2.08. The van der Waals surface area contributed by atoms with Gasteiger partial charge in [-0.05, 0) is 46.0 Å². The van der Waals surface area contributed by atoms with E-state index in [0.29, 0.717) is 17.0 Å². The molecule has 0 spiro atoms. The summed E-state index contributed by atoms with van der Waals surface area (Å²) in [6.45, 7) is 1.84. The molecular formula is C12H9BrF2N2OS. The lowest BCUT2D eigenvalue weighted by molar-refractivity contribution is 0.0993. The standard InChI is InChI=1S/C12H9BrF2N2OS/c1-2-9-12(19-17-16-9)10(18)5-6-8(14)4-3-7(13)11(6)15/h3-4H,2,5H2,1H3. The number of hydrogen-bond acceptors (Lipinski definition) is 4. The third-order valence-corrected chi connectivity index (χ3v) is 4.04. The van der Waals surface area contributed by atoms with Gasteiger partial charge in [0.2, 0.25) is 0 Å². The maximum Gasteiger partial charge on any atom is 0.180 e. The Balaban J connectivity index is 2.32. The van der Waals surface area contributed by atoms with Crippen LogP contribution in [0.25, 0.3) is 0 Å². The van der Waals surface area contributed by atoms with Crippen LogP contribution < -0.4 is 0 Å². The Morgan fingerprint density at radius 2 is 2.16 bits per heavy atom. The Kier molecular flexibility index (Phi) is 4.36. The average molecular weight is 347 g/mol. The van der Waals surface area contributed by atoms with Gasteiger partial charge >= 0.3 is 0 Å². The van der Waals surface area contributed by atoms with Crippen LogP contribution in [0.4, 0.5) is 8.78 Å². The van der Waals surface area contributed by atoms with E-state index in [-0.39, 0.29) is 22.2 Å². The first kappa shape index (κ1) is 14.2. The summed E-state index contributed by atoms with van der Waals surface area (Å²) in [4.78, 5) is 12.4. The van der Waals surface area contributed by atoms with Crippen molar-refractivity contribution in [2.24, 2.45) is 0 Å². The van der Waals surface area contributed by atoms with Gasteiger partial charge in [-0.2, -0.15) is 0 Å². The molecule has 0 unspecified atom stereocenters. The molecule has 0 bridgehead atoms. The Bertz CT molecular complexity index is 630. The Hall–Kier alpha value is -1.21. The number of hydrogen-bond donors (Lipinski definition) is 0. The number of carbonyl (C=O) groups is 1. The molecule has 0 aliphatic carbocycles. The highest BCUT2D eigenvalue weighted by molar-refractivity contribution is 9.10. The van der Waals surface area contributed by atoms with Crippen molar-refractivity contribution in [2.45, 2.75) is 19.8 Å². The van der Waals surface area contributed by atoms with E-state index in [4.69, 9.17) is 0 Å². The largest absolute Gasteiger partial charge is 0.293 e. The van der Waals surface area contributed by atoms with Crippen LogP contribution in [0.2, 0.25) is 0 Å². The zero-order valence-electron chi connectivity index (χ0n) is 9.91. The smallest absolute Gasteiger partial charge is 0.180 e. The minimum atomic E-state index is -0.746. The summed E-state index contributed by atoms with van der Waals surface area (Å²) in [5.41, 5.74) is 0.320. The second kappa shape index (κ2) is 5.83. The van der Waals surface area contributed by atoms with Gasteiger partial charge in [0.15, 0.2) is 5.78 Å². The van der Waals surface area contributed by atoms with Crippen LogP contribution in [0.5, 0.6) is 0 Å². The molecule has 3 nitrogen and oxygen atoms in total. The summed E-state index contributed by atoms with van der Waals surface area (Å²) in [7, 11) is 0. The van der Waals surface area contributed by atoms with Crippen LogP contribution in [0.15, 0.2) is 16.6 Å². The van der Waals surface area contributed by atoms with Gasteiger partial charge in [0, 0.05) is 12.0 Å². The van der Waals surface area contributed by atoms with Crippen molar-refractivity contribution in [3.8, 4) is 0 Å². The molecule has 0 amide bonds. The minimum absolute atomic E-state index is 0.134. The summed E-state index contributed by atoms with van der Waals surface area (Å²) >= 11 is 3.92. The fraction of sp³-hybridized carbons (Fsp3) is 0.250. The van der Waals surface area contributed by atoms with E-state index in [1.807, 2.05) is 6.92 Å². The molecule has 0 aliphatic heterocycles. The number of carbonyl (C=O) groups excluding carboxylic acids is 1. The van der Waals surface area contributed by atoms with Gasteiger partial charge in [-0.3, -0.25) is 4.79 Å². The van der Waals surface area contributed by atoms with Crippen LogP contribution in [0.3, 0.4) is 0 Å². The summed E-state index contributed by atoms with van der Waals surface area (Å²) in [5, 5.41) is 3.81. The molecule has 1 aromatic carbocycles. The summed E-state index contributed by atoms with van der Waals surface area (Å²) in [5.74, 6) is -1.85. The SMILES string of the molecule is CCc1nnsc1C(=O)Cc1c(F)ccc(Br)c1F. The van der Waals surface area contributed by atoms with E-state index in [0.717, 1.165) is 17.6 Å². The predicted octanol–water partition coefficient (Wildman–Crippen LogP) is 3.57. The average Bonchev–Trinajstić information content (AvgIpc) is 2.87. The molecule has 1 aromatic heterocycles. The number of aromatic nitrogens is 2. The third-order valence-electron chi connectivity index (χ3n) is 2.62. The summed E-state index contributed by atoms with van der Waals surface area (Å²) < 4.78 is 31.2. The van der Waals surface area contributed by atoms with Crippen molar-refractivity contribution in [3.63, 3.8) is 0 Å². The Morgan fingerprint density at radius 1 is 1.42 bits per heavy atom. The van der Waals surface area contributed by atoms with Gasteiger partial charge < -0.3 is 0 Å². The van der Waals surface area contributed by atoms with Gasteiger partial charge in [0.25, 0.3) is 0 Å². The van der Waals surface area contributed by atoms with Gasteiger partial charge in [0.05, 0.1) is 10.2 Å². The van der Waals surface area contributed by atoms with Crippen LogP contribution in [0, 0.1) is 11.6 Å².